The number of para-hydroxylation sites is 1. The monoisotopic (exact) mass is 468 g/mol. The van der Waals surface area contributed by atoms with Gasteiger partial charge < -0.3 is 25.4 Å². The van der Waals surface area contributed by atoms with Crippen LogP contribution in [-0.4, -0.2) is 59.9 Å². The molecule has 1 aromatic carbocycles. The predicted molar refractivity (Wildman–Crippen MR) is 133 cm³/mol. The SMILES string of the molecule is CC(C)CCC(=O)NC(NC(=O)c1ncc(N2CCN(C)CC2)s1)c1c[nH]c2ccccc12. The van der Waals surface area contributed by atoms with E-state index in [2.05, 4.69) is 51.3 Å². The van der Waals surface area contributed by atoms with Crippen LogP contribution in [0.15, 0.2) is 36.7 Å². The number of benzene rings is 1. The summed E-state index contributed by atoms with van der Waals surface area (Å²) < 4.78 is 0. The lowest BCUT2D eigenvalue weighted by atomic mass is 10.1. The van der Waals surface area contributed by atoms with E-state index in [0.29, 0.717) is 17.3 Å². The Morgan fingerprint density at radius 2 is 1.91 bits per heavy atom. The number of H-pyrrole nitrogens is 1. The van der Waals surface area contributed by atoms with Crippen LogP contribution >= 0.6 is 11.3 Å². The van der Waals surface area contributed by atoms with Gasteiger partial charge in [-0.15, -0.1) is 0 Å². The second kappa shape index (κ2) is 10.4. The van der Waals surface area contributed by atoms with Gasteiger partial charge in [-0.1, -0.05) is 43.4 Å². The smallest absolute Gasteiger partial charge is 0.282 e. The maximum Gasteiger partial charge on any atom is 0.282 e. The molecular formula is C24H32N6O2S. The molecule has 1 unspecified atom stereocenters. The number of aromatic amines is 1. The second-order valence-electron chi connectivity index (χ2n) is 8.99. The molecular weight excluding hydrogens is 436 g/mol. The largest absolute Gasteiger partial charge is 0.361 e. The van der Waals surface area contributed by atoms with Crippen LogP contribution in [0.2, 0.25) is 0 Å². The fourth-order valence-corrected chi connectivity index (χ4v) is 4.79. The Bertz CT molecular complexity index is 1100. The van der Waals surface area contributed by atoms with Crippen LogP contribution in [0.5, 0.6) is 0 Å². The topological polar surface area (TPSA) is 93.4 Å². The van der Waals surface area contributed by atoms with Crippen molar-refractivity contribution in [2.24, 2.45) is 5.92 Å². The van der Waals surface area contributed by atoms with Gasteiger partial charge in [0.2, 0.25) is 5.91 Å². The molecule has 4 rings (SSSR count). The number of fused-ring (bicyclic) bond motifs is 1. The molecule has 3 aromatic rings. The van der Waals surface area contributed by atoms with Crippen molar-refractivity contribution in [2.45, 2.75) is 32.9 Å². The van der Waals surface area contributed by atoms with E-state index in [4.69, 9.17) is 0 Å². The summed E-state index contributed by atoms with van der Waals surface area (Å²) >= 11 is 1.39. The van der Waals surface area contributed by atoms with Crippen molar-refractivity contribution >= 4 is 39.1 Å². The highest BCUT2D eigenvalue weighted by molar-refractivity contribution is 7.17. The first-order chi connectivity index (χ1) is 15.9. The average Bonchev–Trinajstić information content (AvgIpc) is 3.45. The Morgan fingerprint density at radius 3 is 2.67 bits per heavy atom. The molecule has 1 aliphatic heterocycles. The van der Waals surface area contributed by atoms with Crippen LogP contribution in [0.1, 0.15) is 48.2 Å². The first-order valence-corrected chi connectivity index (χ1v) is 12.3. The molecule has 0 saturated carbocycles. The van der Waals surface area contributed by atoms with Crippen LogP contribution in [0.4, 0.5) is 5.00 Å². The highest BCUT2D eigenvalue weighted by atomic mass is 32.1. The number of nitrogens with one attached hydrogen (secondary N) is 3. The lowest BCUT2D eigenvalue weighted by Gasteiger charge is -2.32. The fraction of sp³-hybridized carbons (Fsp3) is 0.458. The fourth-order valence-electron chi connectivity index (χ4n) is 3.91. The van der Waals surface area contributed by atoms with Gasteiger partial charge in [-0.05, 0) is 25.5 Å². The normalized spacial score (nSPS) is 15.7. The van der Waals surface area contributed by atoms with Crippen LogP contribution in [0.25, 0.3) is 10.9 Å². The number of likely N-dealkylation sites (N-methyl/N-ethyl adjacent to an activating group) is 1. The van der Waals surface area contributed by atoms with Crippen molar-refractivity contribution in [2.75, 3.05) is 38.1 Å². The van der Waals surface area contributed by atoms with Gasteiger partial charge in [0.15, 0.2) is 5.01 Å². The summed E-state index contributed by atoms with van der Waals surface area (Å²) in [5, 5.41) is 8.37. The molecule has 0 radical (unpaired) electrons. The molecule has 3 heterocycles. The number of hydrogen-bond acceptors (Lipinski definition) is 6. The van der Waals surface area contributed by atoms with Gasteiger partial charge in [0, 0.05) is 55.3 Å². The van der Waals surface area contributed by atoms with E-state index >= 15 is 0 Å². The van der Waals surface area contributed by atoms with Crippen molar-refractivity contribution in [3.8, 4) is 0 Å². The Balaban J connectivity index is 1.51. The molecule has 0 bridgehead atoms. The number of hydrogen-bond donors (Lipinski definition) is 3. The average molecular weight is 469 g/mol. The first-order valence-electron chi connectivity index (χ1n) is 11.5. The van der Waals surface area contributed by atoms with E-state index in [0.717, 1.165) is 54.1 Å². The second-order valence-corrected chi connectivity index (χ2v) is 10.00. The minimum absolute atomic E-state index is 0.0865. The molecule has 176 valence electrons. The maximum atomic E-state index is 13.1. The highest BCUT2D eigenvalue weighted by Gasteiger charge is 2.24. The first kappa shape index (κ1) is 23.3. The number of amides is 2. The summed E-state index contributed by atoms with van der Waals surface area (Å²) in [5.74, 6) is 0.0524. The number of carbonyl (C=O) groups excluding carboxylic acids is 2. The van der Waals surface area contributed by atoms with Crippen molar-refractivity contribution in [3.63, 3.8) is 0 Å². The molecule has 1 atom stereocenters. The van der Waals surface area contributed by atoms with E-state index in [9.17, 15) is 9.59 Å². The third-order valence-corrected chi connectivity index (χ3v) is 7.02. The zero-order chi connectivity index (χ0) is 23.4. The van der Waals surface area contributed by atoms with E-state index in [1.54, 1.807) is 6.20 Å². The van der Waals surface area contributed by atoms with Gasteiger partial charge in [-0.3, -0.25) is 9.59 Å². The van der Waals surface area contributed by atoms with E-state index in [1.165, 1.54) is 11.3 Å². The highest BCUT2D eigenvalue weighted by Crippen LogP contribution is 2.26. The quantitative estimate of drug-likeness (QED) is 0.441. The molecule has 9 heteroatoms. The molecule has 1 saturated heterocycles. The van der Waals surface area contributed by atoms with Gasteiger partial charge in [-0.25, -0.2) is 4.98 Å². The summed E-state index contributed by atoms with van der Waals surface area (Å²) in [4.78, 5) is 37.9. The lowest BCUT2D eigenvalue weighted by molar-refractivity contribution is -0.122. The van der Waals surface area contributed by atoms with Crippen molar-refractivity contribution in [1.82, 2.24) is 25.5 Å². The van der Waals surface area contributed by atoms with Crippen molar-refractivity contribution < 1.29 is 9.59 Å². The molecule has 8 nitrogen and oxygen atoms in total. The van der Waals surface area contributed by atoms with Gasteiger partial charge in [0.1, 0.15) is 11.2 Å². The summed E-state index contributed by atoms with van der Waals surface area (Å²) in [6.45, 7) is 8.00. The molecule has 0 spiro atoms. The lowest BCUT2D eigenvalue weighted by Crippen LogP contribution is -2.44. The van der Waals surface area contributed by atoms with Crippen LogP contribution < -0.4 is 15.5 Å². The van der Waals surface area contributed by atoms with Gasteiger partial charge in [-0.2, -0.15) is 0 Å². The molecule has 2 aromatic heterocycles. The van der Waals surface area contributed by atoms with Crippen LogP contribution in [0, 0.1) is 5.92 Å². The molecule has 2 amide bonds. The predicted octanol–water partition coefficient (Wildman–Crippen LogP) is 3.36. The van der Waals surface area contributed by atoms with Crippen LogP contribution in [0.3, 0.4) is 0 Å². The zero-order valence-corrected chi connectivity index (χ0v) is 20.2. The standard InChI is InChI=1S/C24H32N6O2S/c1-16(2)8-9-20(31)27-22(18-14-25-19-7-5-4-6-17(18)19)28-23(32)24-26-15-21(33-24)30-12-10-29(3)11-13-30/h4-7,14-16,22,25H,8-13H2,1-3H3,(H,27,31)(H,28,32). The Morgan fingerprint density at radius 1 is 1.15 bits per heavy atom. The Labute approximate surface area is 198 Å². The van der Waals surface area contributed by atoms with E-state index < -0.39 is 6.17 Å². The van der Waals surface area contributed by atoms with Gasteiger partial charge in [0.05, 0.1) is 6.20 Å². The number of nitrogens with zero attached hydrogens (tertiary/aromatic N) is 3. The number of carbonyl (C=O) groups is 2. The number of piperazine rings is 1. The van der Waals surface area contributed by atoms with Crippen molar-refractivity contribution in [3.05, 3.63) is 47.2 Å². The van der Waals surface area contributed by atoms with Crippen LogP contribution in [-0.2, 0) is 4.79 Å². The van der Waals surface area contributed by atoms with Gasteiger partial charge >= 0.3 is 0 Å². The number of anilines is 1. The summed E-state index contributed by atoms with van der Waals surface area (Å²) in [7, 11) is 2.11. The molecule has 1 aliphatic rings. The third-order valence-electron chi connectivity index (χ3n) is 5.96. The summed E-state index contributed by atoms with van der Waals surface area (Å²) in [6, 6.07) is 7.85. The number of thiazole rings is 1. The Kier molecular flexibility index (Phi) is 7.29. The summed E-state index contributed by atoms with van der Waals surface area (Å²) in [5.41, 5.74) is 1.78. The maximum absolute atomic E-state index is 13.1. The van der Waals surface area contributed by atoms with E-state index in [1.807, 2.05) is 30.5 Å². The zero-order valence-electron chi connectivity index (χ0n) is 19.4. The van der Waals surface area contributed by atoms with Gasteiger partial charge in [0.25, 0.3) is 5.91 Å². The van der Waals surface area contributed by atoms with Crippen molar-refractivity contribution in [1.29, 1.82) is 0 Å². The minimum Gasteiger partial charge on any atom is -0.361 e. The molecule has 33 heavy (non-hydrogen) atoms. The summed E-state index contributed by atoms with van der Waals surface area (Å²) in [6.07, 6.45) is 4.17. The minimum atomic E-state index is -0.649. The molecule has 3 N–H and O–H groups in total. The third kappa shape index (κ3) is 5.72. The molecule has 1 fully saturated rings. The number of rotatable bonds is 8. The number of aromatic nitrogens is 2. The molecule has 0 aliphatic carbocycles. The van der Waals surface area contributed by atoms with E-state index in [-0.39, 0.29) is 11.8 Å². The Hall–Kier alpha value is -2.91.